The van der Waals surface area contributed by atoms with Gasteiger partial charge in [0.2, 0.25) is 0 Å². The number of hydrogen-bond acceptors (Lipinski definition) is 5. The van der Waals surface area contributed by atoms with Gasteiger partial charge in [-0.1, -0.05) is 0 Å². The van der Waals surface area contributed by atoms with E-state index in [2.05, 4.69) is 4.98 Å². The Morgan fingerprint density at radius 2 is 2.00 bits per heavy atom. The first-order valence-electron chi connectivity index (χ1n) is 6.16. The van der Waals surface area contributed by atoms with Crippen molar-refractivity contribution in [2.24, 2.45) is 0 Å². The van der Waals surface area contributed by atoms with E-state index in [4.69, 9.17) is 4.74 Å². The molecule has 6 heteroatoms. The molecule has 0 fully saturated rings. The highest BCUT2D eigenvalue weighted by atomic mass is 16.5. The monoisotopic (exact) mass is 266 g/mol. The Bertz CT molecular complexity index is 534. The Morgan fingerprint density at radius 1 is 1.32 bits per heavy atom. The normalized spacial score (nSPS) is 10.3. The molecule has 0 atom stereocenters. The maximum absolute atomic E-state index is 11.7. The molecule has 1 aromatic rings. The highest BCUT2D eigenvalue weighted by molar-refractivity contribution is 5.82. The van der Waals surface area contributed by atoms with Gasteiger partial charge in [-0.05, 0) is 20.8 Å². The van der Waals surface area contributed by atoms with Crippen molar-refractivity contribution in [3.63, 3.8) is 0 Å². The van der Waals surface area contributed by atoms with Crippen LogP contribution in [0.2, 0.25) is 0 Å². The lowest BCUT2D eigenvalue weighted by atomic mass is 10.2. The fourth-order valence-electron chi connectivity index (χ4n) is 1.69. The third-order valence-corrected chi connectivity index (χ3v) is 2.57. The van der Waals surface area contributed by atoms with E-state index in [0.717, 1.165) is 0 Å². The van der Waals surface area contributed by atoms with E-state index in [0.29, 0.717) is 18.1 Å². The first kappa shape index (κ1) is 15.1. The number of hydrogen-bond donors (Lipinski definition) is 0. The van der Waals surface area contributed by atoms with Crippen LogP contribution in [0.4, 0.5) is 0 Å². The largest absolute Gasteiger partial charge is 0.466 e. The zero-order chi connectivity index (χ0) is 14.4. The second-order valence-electron chi connectivity index (χ2n) is 4.21. The number of ketones is 1. The highest BCUT2D eigenvalue weighted by Gasteiger charge is 2.11. The number of Topliss-reactive ketones (excluding diaryl/α,β-unsaturated/α-hetero) is 1. The zero-order valence-electron chi connectivity index (χ0n) is 11.4. The van der Waals surface area contributed by atoms with Gasteiger partial charge in [0, 0.05) is 18.2 Å². The van der Waals surface area contributed by atoms with E-state index in [1.165, 1.54) is 10.6 Å². The van der Waals surface area contributed by atoms with E-state index in [9.17, 15) is 14.4 Å². The number of aryl methyl sites for hydroxylation is 2. The van der Waals surface area contributed by atoms with E-state index in [1.807, 2.05) is 0 Å². The molecule has 0 aliphatic heterocycles. The van der Waals surface area contributed by atoms with Crippen LogP contribution < -0.4 is 5.56 Å². The lowest BCUT2D eigenvalue weighted by molar-refractivity contribution is -0.144. The van der Waals surface area contributed by atoms with Crippen LogP contribution >= 0.6 is 0 Å². The molecule has 1 rings (SSSR count). The SMILES string of the molecule is CCOC(=O)CCC(=O)Cn1c(C)nc(C)cc1=O. The Balaban J connectivity index is 2.63. The van der Waals surface area contributed by atoms with Crippen molar-refractivity contribution in [3.8, 4) is 0 Å². The molecule has 0 N–H and O–H groups in total. The molecule has 0 spiro atoms. The van der Waals surface area contributed by atoms with Crippen LogP contribution in [-0.2, 0) is 20.9 Å². The van der Waals surface area contributed by atoms with Crippen molar-refractivity contribution in [2.75, 3.05) is 6.61 Å². The number of aromatic nitrogens is 2. The highest BCUT2D eigenvalue weighted by Crippen LogP contribution is 1.99. The minimum absolute atomic E-state index is 0.0414. The third-order valence-electron chi connectivity index (χ3n) is 2.57. The van der Waals surface area contributed by atoms with Gasteiger partial charge in [-0.25, -0.2) is 4.98 Å². The van der Waals surface area contributed by atoms with Crippen LogP contribution in [0.25, 0.3) is 0 Å². The maximum Gasteiger partial charge on any atom is 0.306 e. The van der Waals surface area contributed by atoms with Crippen LogP contribution in [0.15, 0.2) is 10.9 Å². The molecular formula is C13H18N2O4. The summed E-state index contributed by atoms with van der Waals surface area (Å²) in [6.45, 7) is 5.35. The Labute approximate surface area is 111 Å². The Hall–Kier alpha value is -1.98. The van der Waals surface area contributed by atoms with Crippen LogP contribution in [-0.4, -0.2) is 27.9 Å². The van der Waals surface area contributed by atoms with E-state index in [1.54, 1.807) is 20.8 Å². The summed E-state index contributed by atoms with van der Waals surface area (Å²) in [5, 5.41) is 0. The second-order valence-corrected chi connectivity index (χ2v) is 4.21. The minimum Gasteiger partial charge on any atom is -0.466 e. The first-order chi connectivity index (χ1) is 8.93. The molecule has 104 valence electrons. The number of carbonyl (C=O) groups is 2. The van der Waals surface area contributed by atoms with Crippen LogP contribution in [0.1, 0.15) is 31.3 Å². The fraction of sp³-hybridized carbons (Fsp3) is 0.538. The topological polar surface area (TPSA) is 78.3 Å². The molecule has 19 heavy (non-hydrogen) atoms. The number of rotatable bonds is 6. The predicted molar refractivity (Wildman–Crippen MR) is 68.8 cm³/mol. The summed E-state index contributed by atoms with van der Waals surface area (Å²) in [6, 6.07) is 1.38. The molecule has 0 saturated heterocycles. The average molecular weight is 266 g/mol. The number of esters is 1. The summed E-state index contributed by atoms with van der Waals surface area (Å²) in [5.41, 5.74) is 0.368. The van der Waals surface area contributed by atoms with E-state index < -0.39 is 5.97 Å². The van der Waals surface area contributed by atoms with Crippen LogP contribution in [0, 0.1) is 13.8 Å². The van der Waals surface area contributed by atoms with E-state index in [-0.39, 0.29) is 30.7 Å². The standard InChI is InChI=1S/C13H18N2O4/c1-4-19-13(18)6-5-11(16)8-15-10(3)14-9(2)7-12(15)17/h7H,4-6,8H2,1-3H3. The average Bonchev–Trinajstić information content (AvgIpc) is 2.31. The maximum atomic E-state index is 11.7. The molecule has 0 unspecified atom stereocenters. The number of nitrogens with zero attached hydrogens (tertiary/aromatic N) is 2. The molecule has 1 heterocycles. The van der Waals surface area contributed by atoms with Crippen molar-refractivity contribution < 1.29 is 14.3 Å². The summed E-state index contributed by atoms with van der Waals surface area (Å²) >= 11 is 0. The van der Waals surface area contributed by atoms with Gasteiger partial charge in [-0.2, -0.15) is 0 Å². The Kier molecular flexibility index (Phi) is 5.41. The molecule has 0 aliphatic rings. The molecule has 0 aliphatic carbocycles. The van der Waals surface area contributed by atoms with E-state index >= 15 is 0 Å². The summed E-state index contributed by atoms with van der Waals surface area (Å²) in [5.74, 6) is -0.0969. The molecule has 0 saturated carbocycles. The lowest BCUT2D eigenvalue weighted by Crippen LogP contribution is -2.27. The van der Waals surface area contributed by atoms with Gasteiger partial charge in [-0.15, -0.1) is 0 Å². The predicted octanol–water partition coefficient (Wildman–Crippen LogP) is 0.773. The molecule has 0 amide bonds. The van der Waals surface area contributed by atoms with Gasteiger partial charge >= 0.3 is 5.97 Å². The van der Waals surface area contributed by atoms with Gasteiger partial charge in [0.15, 0.2) is 5.78 Å². The van der Waals surface area contributed by atoms with Gasteiger partial charge < -0.3 is 4.74 Å². The second kappa shape index (κ2) is 6.82. The summed E-state index contributed by atoms with van der Waals surface area (Å²) in [7, 11) is 0. The zero-order valence-corrected chi connectivity index (χ0v) is 11.4. The van der Waals surface area contributed by atoms with Crippen molar-refractivity contribution in [3.05, 3.63) is 27.9 Å². The minimum atomic E-state index is -0.401. The van der Waals surface area contributed by atoms with Crippen molar-refractivity contribution in [2.45, 2.75) is 40.2 Å². The molecular weight excluding hydrogens is 248 g/mol. The fourth-order valence-corrected chi connectivity index (χ4v) is 1.69. The van der Waals surface area contributed by atoms with Crippen LogP contribution in [0.5, 0.6) is 0 Å². The Morgan fingerprint density at radius 3 is 2.58 bits per heavy atom. The van der Waals surface area contributed by atoms with Crippen molar-refractivity contribution in [1.82, 2.24) is 9.55 Å². The molecule has 1 aromatic heterocycles. The third kappa shape index (κ3) is 4.65. The van der Waals surface area contributed by atoms with Crippen LogP contribution in [0.3, 0.4) is 0 Å². The van der Waals surface area contributed by atoms with Crippen molar-refractivity contribution >= 4 is 11.8 Å². The molecule has 0 aromatic carbocycles. The van der Waals surface area contributed by atoms with Crippen molar-refractivity contribution in [1.29, 1.82) is 0 Å². The smallest absolute Gasteiger partial charge is 0.306 e. The van der Waals surface area contributed by atoms with Gasteiger partial charge in [0.25, 0.3) is 5.56 Å². The summed E-state index contributed by atoms with van der Waals surface area (Å²) < 4.78 is 6.04. The van der Waals surface area contributed by atoms with Gasteiger partial charge in [0.05, 0.1) is 19.6 Å². The summed E-state index contributed by atoms with van der Waals surface area (Å²) in [4.78, 5) is 38.7. The first-order valence-corrected chi connectivity index (χ1v) is 6.16. The lowest BCUT2D eigenvalue weighted by Gasteiger charge is -2.08. The van der Waals surface area contributed by atoms with Gasteiger partial charge in [0.1, 0.15) is 5.82 Å². The molecule has 6 nitrogen and oxygen atoms in total. The summed E-state index contributed by atoms with van der Waals surface area (Å²) in [6.07, 6.45) is 0.109. The number of carbonyl (C=O) groups excluding carboxylic acids is 2. The van der Waals surface area contributed by atoms with Gasteiger partial charge in [-0.3, -0.25) is 19.0 Å². The molecule has 0 bridgehead atoms. The molecule has 0 radical (unpaired) electrons. The quantitative estimate of drug-likeness (QED) is 0.711. The number of ether oxygens (including phenoxy) is 1.